The quantitative estimate of drug-likeness (QED) is 0.727. The molecule has 0 aromatic carbocycles. The van der Waals surface area contributed by atoms with Crippen LogP contribution in [0.2, 0.25) is 0 Å². The molecule has 0 aliphatic carbocycles. The Bertz CT molecular complexity index is 466. The molecule has 0 atom stereocenters. The predicted octanol–water partition coefficient (Wildman–Crippen LogP) is 3.58. The van der Waals surface area contributed by atoms with E-state index in [0.29, 0.717) is 11.8 Å². The van der Waals surface area contributed by atoms with Gasteiger partial charge in [0.15, 0.2) is 0 Å². The van der Waals surface area contributed by atoms with Gasteiger partial charge in [-0.1, -0.05) is 33.8 Å². The fraction of sp³-hybridized carbons (Fsp3) is 0.462. The largest absolute Gasteiger partial charge is 0.300 e. The molecule has 0 N–H and O–H groups in total. The van der Waals surface area contributed by atoms with Crippen LogP contribution in [0.25, 0.3) is 5.52 Å². The van der Waals surface area contributed by atoms with E-state index in [-0.39, 0.29) is 0 Å². The second-order valence-corrected chi connectivity index (χ2v) is 4.64. The van der Waals surface area contributed by atoms with Crippen LogP contribution in [0.5, 0.6) is 0 Å². The maximum atomic E-state index is 4.50. The van der Waals surface area contributed by atoms with E-state index in [9.17, 15) is 0 Å². The first-order chi connectivity index (χ1) is 7.11. The Morgan fingerprint density at radius 1 is 1.07 bits per heavy atom. The van der Waals surface area contributed by atoms with Crippen LogP contribution in [0, 0.1) is 0 Å². The number of fused-ring (bicyclic) bond motifs is 1. The molecule has 2 aromatic rings. The fourth-order valence-electron chi connectivity index (χ4n) is 1.96. The molecule has 0 aliphatic heterocycles. The van der Waals surface area contributed by atoms with Crippen LogP contribution in [0.4, 0.5) is 0 Å². The molecular formula is C13H18N2. The van der Waals surface area contributed by atoms with Gasteiger partial charge in [-0.15, -0.1) is 0 Å². The molecule has 0 saturated carbocycles. The zero-order chi connectivity index (χ0) is 11.0. The van der Waals surface area contributed by atoms with Crippen molar-refractivity contribution in [2.45, 2.75) is 39.5 Å². The van der Waals surface area contributed by atoms with E-state index in [2.05, 4.69) is 55.3 Å². The summed E-state index contributed by atoms with van der Waals surface area (Å²) < 4.78 is 2.29. The normalized spacial score (nSPS) is 11.9. The summed E-state index contributed by atoms with van der Waals surface area (Å²) in [6, 6.07) is 6.41. The molecule has 0 fully saturated rings. The van der Waals surface area contributed by atoms with Crippen LogP contribution in [-0.4, -0.2) is 9.38 Å². The number of rotatable bonds is 2. The van der Waals surface area contributed by atoms with Crippen molar-refractivity contribution < 1.29 is 0 Å². The topological polar surface area (TPSA) is 17.3 Å². The van der Waals surface area contributed by atoms with E-state index >= 15 is 0 Å². The third kappa shape index (κ3) is 1.65. The number of nitrogens with zero attached hydrogens (tertiary/aromatic N) is 2. The van der Waals surface area contributed by atoms with Crippen LogP contribution in [-0.2, 0) is 0 Å². The summed E-state index contributed by atoms with van der Waals surface area (Å²) in [7, 11) is 0. The smallest absolute Gasteiger partial charge is 0.116 e. The summed E-state index contributed by atoms with van der Waals surface area (Å²) >= 11 is 0. The van der Waals surface area contributed by atoms with Crippen molar-refractivity contribution in [1.82, 2.24) is 9.38 Å². The van der Waals surface area contributed by atoms with Crippen LogP contribution in [0.3, 0.4) is 0 Å². The Morgan fingerprint density at radius 2 is 1.80 bits per heavy atom. The van der Waals surface area contributed by atoms with E-state index in [4.69, 9.17) is 0 Å². The van der Waals surface area contributed by atoms with Gasteiger partial charge in [0, 0.05) is 11.6 Å². The van der Waals surface area contributed by atoms with Gasteiger partial charge in [0.2, 0.25) is 0 Å². The monoisotopic (exact) mass is 202 g/mol. The van der Waals surface area contributed by atoms with Gasteiger partial charge in [0.25, 0.3) is 0 Å². The molecule has 2 heterocycles. The van der Waals surface area contributed by atoms with Crippen LogP contribution in [0.15, 0.2) is 24.4 Å². The first kappa shape index (κ1) is 10.2. The Hall–Kier alpha value is -1.31. The molecule has 0 amide bonds. The fourth-order valence-corrected chi connectivity index (χ4v) is 1.96. The predicted molar refractivity (Wildman–Crippen MR) is 63.4 cm³/mol. The average molecular weight is 202 g/mol. The molecule has 0 spiro atoms. The van der Waals surface area contributed by atoms with Crippen LogP contribution >= 0.6 is 0 Å². The highest BCUT2D eigenvalue weighted by Crippen LogP contribution is 2.22. The highest BCUT2D eigenvalue weighted by atomic mass is 15.0. The summed E-state index contributed by atoms with van der Waals surface area (Å²) in [6.45, 7) is 8.82. The molecule has 0 unspecified atom stereocenters. The number of hydrogen-bond donors (Lipinski definition) is 0. The molecule has 2 aromatic heterocycles. The second-order valence-electron chi connectivity index (χ2n) is 4.64. The first-order valence-electron chi connectivity index (χ1n) is 5.57. The highest BCUT2D eigenvalue weighted by Gasteiger charge is 2.12. The summed E-state index contributed by atoms with van der Waals surface area (Å²) in [5.74, 6) is 2.15. The van der Waals surface area contributed by atoms with Crippen molar-refractivity contribution >= 4 is 5.52 Å². The minimum Gasteiger partial charge on any atom is -0.300 e. The van der Waals surface area contributed by atoms with E-state index in [1.54, 1.807) is 0 Å². The zero-order valence-corrected chi connectivity index (χ0v) is 9.86. The molecule has 15 heavy (non-hydrogen) atoms. The lowest BCUT2D eigenvalue weighted by Crippen LogP contribution is -2.04. The average Bonchev–Trinajstić information content (AvgIpc) is 2.60. The van der Waals surface area contributed by atoms with Crippen LogP contribution in [0.1, 0.15) is 51.0 Å². The van der Waals surface area contributed by atoms with Gasteiger partial charge < -0.3 is 4.40 Å². The van der Waals surface area contributed by atoms with Crippen molar-refractivity contribution in [2.75, 3.05) is 0 Å². The molecule has 0 radical (unpaired) electrons. The van der Waals surface area contributed by atoms with Gasteiger partial charge in [-0.2, -0.15) is 0 Å². The molecule has 2 nitrogen and oxygen atoms in total. The number of imidazole rings is 1. The van der Waals surface area contributed by atoms with Crippen molar-refractivity contribution in [3.8, 4) is 0 Å². The number of pyridine rings is 1. The number of hydrogen-bond acceptors (Lipinski definition) is 1. The first-order valence-corrected chi connectivity index (χ1v) is 5.57. The third-order valence-electron chi connectivity index (χ3n) is 2.72. The Kier molecular flexibility index (Phi) is 2.51. The summed E-state index contributed by atoms with van der Waals surface area (Å²) in [5, 5.41) is 0. The summed E-state index contributed by atoms with van der Waals surface area (Å²) in [4.78, 5) is 4.50. The van der Waals surface area contributed by atoms with E-state index in [1.165, 1.54) is 11.2 Å². The highest BCUT2D eigenvalue weighted by molar-refractivity contribution is 5.48. The molecule has 80 valence electrons. The van der Waals surface area contributed by atoms with Crippen LogP contribution < -0.4 is 0 Å². The van der Waals surface area contributed by atoms with E-state index in [1.807, 2.05) is 6.20 Å². The van der Waals surface area contributed by atoms with Gasteiger partial charge in [-0.25, -0.2) is 4.98 Å². The molecule has 2 heteroatoms. The second kappa shape index (κ2) is 3.69. The third-order valence-corrected chi connectivity index (χ3v) is 2.72. The lowest BCUT2D eigenvalue weighted by atomic mass is 10.1. The van der Waals surface area contributed by atoms with Gasteiger partial charge in [-0.3, -0.25) is 0 Å². The standard InChI is InChI=1S/C13H18N2/c1-9(2)12-7-5-6-11-8-14-13(10(3)4)15(11)12/h5-10H,1-4H3. The lowest BCUT2D eigenvalue weighted by Gasteiger charge is -2.13. The van der Waals surface area contributed by atoms with Crippen molar-refractivity contribution in [1.29, 1.82) is 0 Å². The maximum absolute atomic E-state index is 4.50. The molecule has 0 aliphatic rings. The summed E-state index contributed by atoms with van der Waals surface area (Å²) in [5.41, 5.74) is 2.54. The van der Waals surface area contributed by atoms with Crippen molar-refractivity contribution in [3.63, 3.8) is 0 Å². The summed E-state index contributed by atoms with van der Waals surface area (Å²) in [6.07, 6.45) is 1.96. The van der Waals surface area contributed by atoms with Gasteiger partial charge in [0.1, 0.15) is 5.82 Å². The lowest BCUT2D eigenvalue weighted by molar-refractivity contribution is 0.722. The Labute approximate surface area is 91.0 Å². The SMILES string of the molecule is CC(C)c1cccc2cnc(C(C)C)n12. The zero-order valence-electron chi connectivity index (χ0n) is 9.86. The van der Waals surface area contributed by atoms with Gasteiger partial charge in [0.05, 0.1) is 11.7 Å². The van der Waals surface area contributed by atoms with E-state index < -0.39 is 0 Å². The maximum Gasteiger partial charge on any atom is 0.116 e. The van der Waals surface area contributed by atoms with Crippen molar-refractivity contribution in [3.05, 3.63) is 35.9 Å². The van der Waals surface area contributed by atoms with Gasteiger partial charge >= 0.3 is 0 Å². The molecule has 0 bridgehead atoms. The Morgan fingerprint density at radius 3 is 2.40 bits per heavy atom. The number of aromatic nitrogens is 2. The molecule has 2 rings (SSSR count). The van der Waals surface area contributed by atoms with Gasteiger partial charge in [-0.05, 0) is 18.1 Å². The van der Waals surface area contributed by atoms with E-state index in [0.717, 1.165) is 5.82 Å². The van der Waals surface area contributed by atoms with Crippen molar-refractivity contribution in [2.24, 2.45) is 0 Å². The molecular weight excluding hydrogens is 184 g/mol. The minimum atomic E-state index is 0.465. The molecule has 0 saturated heterocycles. The Balaban J connectivity index is 2.75. The minimum absolute atomic E-state index is 0.465.